The molecule has 1 aliphatic heterocycles. The van der Waals surface area contributed by atoms with Crippen molar-refractivity contribution in [3.8, 4) is 11.7 Å². The molecule has 2 aromatic heterocycles. The average molecular weight is 482 g/mol. The average Bonchev–Trinajstić information content (AvgIpc) is 3.49. The number of furan rings is 1. The lowest BCUT2D eigenvalue weighted by Gasteiger charge is -2.36. The summed E-state index contributed by atoms with van der Waals surface area (Å²) in [5, 5.41) is 10.5. The van der Waals surface area contributed by atoms with Crippen LogP contribution in [0.2, 0.25) is 0 Å². The SMILES string of the molecule is CCN1CCN(c2ccc(C(F)(F)F)cc2NC(=O)CSc2nnc(-c3ccco3)o2)CC1. The fourth-order valence-corrected chi connectivity index (χ4v) is 4.04. The van der Waals surface area contributed by atoms with Crippen LogP contribution in [0.25, 0.3) is 11.7 Å². The zero-order valence-corrected chi connectivity index (χ0v) is 18.6. The molecule has 3 aromatic rings. The fourth-order valence-electron chi connectivity index (χ4n) is 3.47. The molecule has 1 N–H and O–H groups in total. The zero-order chi connectivity index (χ0) is 23.4. The lowest BCUT2D eigenvalue weighted by molar-refractivity contribution is -0.137. The van der Waals surface area contributed by atoms with Crippen molar-refractivity contribution in [2.75, 3.05) is 48.7 Å². The van der Waals surface area contributed by atoms with Gasteiger partial charge in [0.2, 0.25) is 5.91 Å². The van der Waals surface area contributed by atoms with Gasteiger partial charge in [0.25, 0.3) is 11.1 Å². The van der Waals surface area contributed by atoms with Crippen molar-refractivity contribution in [3.05, 3.63) is 42.2 Å². The van der Waals surface area contributed by atoms with Gasteiger partial charge in [-0.2, -0.15) is 13.2 Å². The van der Waals surface area contributed by atoms with Gasteiger partial charge in [-0.15, -0.1) is 10.2 Å². The van der Waals surface area contributed by atoms with Crippen LogP contribution in [0.5, 0.6) is 0 Å². The van der Waals surface area contributed by atoms with E-state index in [9.17, 15) is 18.0 Å². The van der Waals surface area contributed by atoms with E-state index in [0.29, 0.717) is 24.5 Å². The number of nitrogens with zero attached hydrogens (tertiary/aromatic N) is 4. The number of rotatable bonds is 7. The monoisotopic (exact) mass is 481 g/mol. The van der Waals surface area contributed by atoms with Gasteiger partial charge >= 0.3 is 6.18 Å². The van der Waals surface area contributed by atoms with Crippen LogP contribution in [-0.4, -0.2) is 59.5 Å². The third-order valence-electron chi connectivity index (χ3n) is 5.22. The second-order valence-electron chi connectivity index (χ2n) is 7.34. The number of likely N-dealkylation sites (N-methyl/N-ethyl adjacent to an activating group) is 1. The Morgan fingerprint density at radius 3 is 2.64 bits per heavy atom. The van der Waals surface area contributed by atoms with Gasteiger partial charge in [0.05, 0.1) is 29.0 Å². The fraction of sp³-hybridized carbons (Fsp3) is 0.381. The first-order valence-corrected chi connectivity index (χ1v) is 11.3. The second kappa shape index (κ2) is 9.87. The molecule has 0 unspecified atom stereocenters. The number of aromatic nitrogens is 2. The minimum absolute atomic E-state index is 0.112. The number of alkyl halides is 3. The van der Waals surface area contributed by atoms with Gasteiger partial charge in [-0.05, 0) is 36.9 Å². The van der Waals surface area contributed by atoms with Crippen LogP contribution in [0.15, 0.2) is 50.7 Å². The molecule has 1 saturated heterocycles. The number of nitrogens with one attached hydrogen (secondary N) is 1. The van der Waals surface area contributed by atoms with Crippen molar-refractivity contribution < 1.29 is 26.8 Å². The van der Waals surface area contributed by atoms with Crippen molar-refractivity contribution in [2.45, 2.75) is 18.3 Å². The summed E-state index contributed by atoms with van der Waals surface area (Å²) < 4.78 is 50.5. The molecule has 1 aromatic carbocycles. The second-order valence-corrected chi connectivity index (χ2v) is 8.26. The van der Waals surface area contributed by atoms with E-state index in [1.807, 2.05) is 4.90 Å². The topological polar surface area (TPSA) is 87.6 Å². The maximum absolute atomic E-state index is 13.3. The summed E-state index contributed by atoms with van der Waals surface area (Å²) in [5.74, 6) is -0.0191. The molecule has 33 heavy (non-hydrogen) atoms. The van der Waals surface area contributed by atoms with Gasteiger partial charge in [0.15, 0.2) is 5.76 Å². The number of amides is 1. The van der Waals surface area contributed by atoms with Crippen LogP contribution in [-0.2, 0) is 11.0 Å². The van der Waals surface area contributed by atoms with Crippen LogP contribution >= 0.6 is 11.8 Å². The molecule has 176 valence electrons. The van der Waals surface area contributed by atoms with Crippen LogP contribution in [0.1, 0.15) is 12.5 Å². The van der Waals surface area contributed by atoms with Crippen molar-refractivity contribution in [1.82, 2.24) is 15.1 Å². The number of carbonyl (C=O) groups is 1. The van der Waals surface area contributed by atoms with Crippen molar-refractivity contribution in [2.24, 2.45) is 0 Å². The minimum atomic E-state index is -4.51. The molecule has 1 fully saturated rings. The lowest BCUT2D eigenvalue weighted by atomic mass is 10.1. The van der Waals surface area contributed by atoms with E-state index in [0.717, 1.165) is 43.5 Å². The Labute approximate surface area is 192 Å². The number of halogens is 3. The Hall–Kier alpha value is -2.99. The van der Waals surface area contributed by atoms with Crippen molar-refractivity contribution >= 4 is 29.0 Å². The Bertz CT molecular complexity index is 1080. The van der Waals surface area contributed by atoms with Gasteiger partial charge in [0.1, 0.15) is 0 Å². The summed E-state index contributed by atoms with van der Waals surface area (Å²) in [7, 11) is 0. The van der Waals surface area contributed by atoms with E-state index in [1.54, 1.807) is 12.1 Å². The number of carbonyl (C=O) groups excluding carboxylic acids is 1. The Balaban J connectivity index is 1.45. The molecule has 4 rings (SSSR count). The number of benzene rings is 1. The van der Waals surface area contributed by atoms with E-state index in [2.05, 4.69) is 27.3 Å². The normalized spacial score (nSPS) is 15.1. The molecule has 0 spiro atoms. The first-order chi connectivity index (χ1) is 15.8. The van der Waals surface area contributed by atoms with Crippen LogP contribution in [0.4, 0.5) is 24.5 Å². The van der Waals surface area contributed by atoms with Gasteiger partial charge in [-0.25, -0.2) is 0 Å². The maximum atomic E-state index is 13.3. The number of thioether (sulfide) groups is 1. The largest absolute Gasteiger partial charge is 0.459 e. The summed E-state index contributed by atoms with van der Waals surface area (Å²) in [6.07, 6.45) is -3.05. The molecule has 0 radical (unpaired) electrons. The van der Waals surface area contributed by atoms with Crippen molar-refractivity contribution in [3.63, 3.8) is 0 Å². The Morgan fingerprint density at radius 2 is 1.97 bits per heavy atom. The molecule has 0 atom stereocenters. The van der Waals surface area contributed by atoms with Crippen LogP contribution in [0, 0.1) is 0 Å². The van der Waals surface area contributed by atoms with Gasteiger partial charge in [0, 0.05) is 26.2 Å². The van der Waals surface area contributed by atoms with E-state index in [1.165, 1.54) is 12.3 Å². The predicted molar refractivity (Wildman–Crippen MR) is 117 cm³/mol. The molecule has 8 nitrogen and oxygen atoms in total. The molecule has 12 heteroatoms. The summed E-state index contributed by atoms with van der Waals surface area (Å²) in [4.78, 5) is 16.8. The lowest BCUT2D eigenvalue weighted by Crippen LogP contribution is -2.46. The van der Waals surface area contributed by atoms with Gasteiger partial charge < -0.3 is 24.0 Å². The minimum Gasteiger partial charge on any atom is -0.459 e. The van der Waals surface area contributed by atoms with E-state index >= 15 is 0 Å². The number of hydrogen-bond donors (Lipinski definition) is 1. The smallest absolute Gasteiger partial charge is 0.416 e. The summed E-state index contributed by atoms with van der Waals surface area (Å²) >= 11 is 0.984. The Kier molecular flexibility index (Phi) is 6.94. The standard InChI is InChI=1S/C21H22F3N5O3S/c1-2-28-7-9-29(10-8-28)16-6-5-14(21(22,23)24)12-15(16)25-18(30)13-33-20-27-26-19(32-20)17-4-3-11-31-17/h3-6,11-12H,2,7-10,13H2,1H3,(H,25,30). The van der Waals surface area contributed by atoms with Crippen molar-refractivity contribution in [1.29, 1.82) is 0 Å². The van der Waals surface area contributed by atoms with Gasteiger partial charge in [-0.1, -0.05) is 18.7 Å². The van der Waals surface area contributed by atoms with Crippen LogP contribution < -0.4 is 10.2 Å². The predicted octanol–water partition coefficient (Wildman–Crippen LogP) is 4.22. The van der Waals surface area contributed by atoms with E-state index in [-0.39, 0.29) is 22.6 Å². The molecule has 0 bridgehead atoms. The highest BCUT2D eigenvalue weighted by molar-refractivity contribution is 7.99. The summed E-state index contributed by atoms with van der Waals surface area (Å²) in [6, 6.07) is 6.77. The maximum Gasteiger partial charge on any atom is 0.416 e. The number of hydrogen-bond acceptors (Lipinski definition) is 8. The third kappa shape index (κ3) is 5.69. The molecule has 0 saturated carbocycles. The van der Waals surface area contributed by atoms with E-state index < -0.39 is 17.6 Å². The quantitative estimate of drug-likeness (QED) is 0.502. The zero-order valence-electron chi connectivity index (χ0n) is 17.8. The Morgan fingerprint density at radius 1 is 1.18 bits per heavy atom. The highest BCUT2D eigenvalue weighted by Crippen LogP contribution is 2.36. The summed E-state index contributed by atoms with van der Waals surface area (Å²) in [6.45, 7) is 5.91. The van der Waals surface area contributed by atoms with Gasteiger partial charge in [-0.3, -0.25) is 4.79 Å². The molecule has 1 amide bonds. The molecular weight excluding hydrogens is 459 g/mol. The number of piperazine rings is 1. The van der Waals surface area contributed by atoms with E-state index in [4.69, 9.17) is 8.83 Å². The third-order valence-corrected chi connectivity index (χ3v) is 6.04. The van der Waals surface area contributed by atoms with Crippen LogP contribution in [0.3, 0.4) is 0 Å². The highest BCUT2D eigenvalue weighted by Gasteiger charge is 2.32. The summed E-state index contributed by atoms with van der Waals surface area (Å²) in [5.41, 5.74) is -0.126. The molecule has 0 aliphatic carbocycles. The highest BCUT2D eigenvalue weighted by atomic mass is 32.2. The molecule has 1 aliphatic rings. The molecule has 3 heterocycles. The first-order valence-electron chi connectivity index (χ1n) is 10.3. The molecular formula is C21H22F3N5O3S. The first kappa shape index (κ1) is 23.2. The number of anilines is 2.